The third-order valence-corrected chi connectivity index (χ3v) is 3.86. The fraction of sp³-hybridized carbons (Fsp3) is 0.462. The minimum absolute atomic E-state index is 0.202. The van der Waals surface area contributed by atoms with E-state index in [2.05, 4.69) is 4.98 Å². The predicted molar refractivity (Wildman–Crippen MR) is 61.5 cm³/mol. The summed E-state index contributed by atoms with van der Waals surface area (Å²) in [6, 6.07) is 3.37. The molecule has 1 unspecified atom stereocenters. The van der Waals surface area contributed by atoms with Gasteiger partial charge in [0.2, 0.25) is 0 Å². The topological polar surface area (TPSA) is 74.0 Å². The first kappa shape index (κ1) is 11.7. The Morgan fingerprint density at radius 3 is 2.71 bits per heavy atom. The van der Waals surface area contributed by atoms with E-state index in [-0.39, 0.29) is 11.5 Å². The van der Waals surface area contributed by atoms with Crippen molar-refractivity contribution in [2.24, 2.45) is 0 Å². The number of nitrogens with zero attached hydrogens (tertiary/aromatic N) is 2. The van der Waals surface area contributed by atoms with Crippen LogP contribution >= 0.6 is 0 Å². The number of aromatic nitrogens is 1. The molecule has 0 bridgehead atoms. The number of hydrogen-bond donors (Lipinski definition) is 1. The van der Waals surface area contributed by atoms with Crippen LogP contribution in [0.15, 0.2) is 12.3 Å². The Morgan fingerprint density at radius 2 is 2.18 bits per heavy atom. The van der Waals surface area contributed by atoms with Gasteiger partial charge >= 0.3 is 0 Å². The van der Waals surface area contributed by atoms with Crippen molar-refractivity contribution in [2.75, 3.05) is 0 Å². The van der Waals surface area contributed by atoms with Gasteiger partial charge in [-0.15, -0.1) is 0 Å². The van der Waals surface area contributed by atoms with E-state index in [0.717, 1.165) is 0 Å². The first-order valence-electron chi connectivity index (χ1n) is 5.56. The van der Waals surface area contributed by atoms with E-state index in [1.807, 2.05) is 19.9 Å². The number of hydrogen-bond acceptors (Lipinski definition) is 4. The SMILES string of the molecule is CCC1(O)C(=O)c2cc(C#N)ncc2C1(C)C. The van der Waals surface area contributed by atoms with Crippen molar-refractivity contribution in [3.63, 3.8) is 0 Å². The van der Waals surface area contributed by atoms with Crippen LogP contribution in [0.25, 0.3) is 0 Å². The fourth-order valence-corrected chi connectivity index (χ4v) is 2.53. The summed E-state index contributed by atoms with van der Waals surface area (Å²) in [6.45, 7) is 5.44. The number of Topliss-reactive ketones (excluding diaryl/α,β-unsaturated/α-hetero) is 1. The second-order valence-electron chi connectivity index (χ2n) is 4.89. The lowest BCUT2D eigenvalue weighted by atomic mass is 9.73. The van der Waals surface area contributed by atoms with Crippen molar-refractivity contribution >= 4 is 5.78 Å². The summed E-state index contributed by atoms with van der Waals surface area (Å²) < 4.78 is 0. The molecule has 1 N–H and O–H groups in total. The zero-order valence-electron chi connectivity index (χ0n) is 10.1. The molecule has 1 aliphatic rings. The minimum atomic E-state index is -1.40. The lowest BCUT2D eigenvalue weighted by Gasteiger charge is -2.34. The highest BCUT2D eigenvalue weighted by molar-refractivity contribution is 6.08. The maximum Gasteiger partial charge on any atom is 0.195 e. The van der Waals surface area contributed by atoms with Gasteiger partial charge in [0.05, 0.1) is 0 Å². The number of carbonyl (C=O) groups is 1. The van der Waals surface area contributed by atoms with E-state index in [4.69, 9.17) is 5.26 Å². The van der Waals surface area contributed by atoms with E-state index >= 15 is 0 Å². The third kappa shape index (κ3) is 1.26. The van der Waals surface area contributed by atoms with E-state index < -0.39 is 11.0 Å². The number of nitriles is 1. The minimum Gasteiger partial charge on any atom is -0.381 e. The van der Waals surface area contributed by atoms with Gasteiger partial charge in [-0.3, -0.25) is 4.79 Å². The van der Waals surface area contributed by atoms with Crippen molar-refractivity contribution in [1.29, 1.82) is 5.26 Å². The van der Waals surface area contributed by atoms with Crippen molar-refractivity contribution in [3.05, 3.63) is 29.1 Å². The van der Waals surface area contributed by atoms with Gasteiger partial charge in [-0.05, 0) is 18.1 Å². The monoisotopic (exact) mass is 230 g/mol. The molecule has 88 valence electrons. The van der Waals surface area contributed by atoms with E-state index in [1.165, 1.54) is 12.3 Å². The molecule has 4 heteroatoms. The Morgan fingerprint density at radius 1 is 1.53 bits per heavy atom. The summed E-state index contributed by atoms with van der Waals surface area (Å²) in [5.41, 5.74) is -0.731. The quantitative estimate of drug-likeness (QED) is 0.794. The predicted octanol–water partition coefficient (Wildman–Crippen LogP) is 1.57. The van der Waals surface area contributed by atoms with Crippen LogP contribution < -0.4 is 0 Å². The second kappa shape index (κ2) is 3.38. The van der Waals surface area contributed by atoms with Gasteiger partial charge in [0, 0.05) is 17.2 Å². The Kier molecular flexibility index (Phi) is 2.33. The molecule has 1 heterocycles. The molecular formula is C13H14N2O2. The fourth-order valence-electron chi connectivity index (χ4n) is 2.53. The number of rotatable bonds is 1. The summed E-state index contributed by atoms with van der Waals surface area (Å²) in [6.07, 6.45) is 1.87. The van der Waals surface area contributed by atoms with E-state index in [0.29, 0.717) is 17.5 Å². The second-order valence-corrected chi connectivity index (χ2v) is 4.89. The van der Waals surface area contributed by atoms with Crippen LogP contribution in [0.5, 0.6) is 0 Å². The number of fused-ring (bicyclic) bond motifs is 1. The average molecular weight is 230 g/mol. The van der Waals surface area contributed by atoms with Crippen LogP contribution in [-0.2, 0) is 5.41 Å². The van der Waals surface area contributed by atoms with Crippen LogP contribution in [0.1, 0.15) is 48.8 Å². The zero-order valence-corrected chi connectivity index (χ0v) is 10.1. The van der Waals surface area contributed by atoms with Crippen LogP contribution in [0.3, 0.4) is 0 Å². The molecule has 1 aromatic heterocycles. The Labute approximate surface area is 99.9 Å². The lowest BCUT2D eigenvalue weighted by molar-refractivity contribution is -0.00242. The molecule has 0 saturated carbocycles. The first-order valence-corrected chi connectivity index (χ1v) is 5.56. The molecule has 4 nitrogen and oxygen atoms in total. The molecule has 1 atom stereocenters. The summed E-state index contributed by atoms with van der Waals surface area (Å²) in [7, 11) is 0. The van der Waals surface area contributed by atoms with Gasteiger partial charge in [0.1, 0.15) is 17.4 Å². The summed E-state index contributed by atoms with van der Waals surface area (Å²) in [5, 5.41) is 19.3. The molecule has 0 saturated heterocycles. The maximum absolute atomic E-state index is 12.2. The summed E-state index contributed by atoms with van der Waals surface area (Å²) in [5.74, 6) is -0.307. The molecular weight excluding hydrogens is 216 g/mol. The standard InChI is InChI=1S/C13H14N2O2/c1-4-13(17)11(16)9-5-8(6-14)15-7-10(9)12(13,2)3/h5,7,17H,4H2,1-3H3. The van der Waals surface area contributed by atoms with E-state index in [9.17, 15) is 9.90 Å². The van der Waals surface area contributed by atoms with Gasteiger partial charge in [-0.1, -0.05) is 20.8 Å². The number of ketones is 1. The lowest BCUT2D eigenvalue weighted by Crippen LogP contribution is -2.48. The van der Waals surface area contributed by atoms with E-state index in [1.54, 1.807) is 6.92 Å². The van der Waals surface area contributed by atoms with Crippen LogP contribution in [0, 0.1) is 11.3 Å². The van der Waals surface area contributed by atoms with Gasteiger partial charge in [-0.2, -0.15) is 5.26 Å². The zero-order chi connectivity index (χ0) is 12.8. The molecule has 1 aliphatic carbocycles. The Bertz CT molecular complexity index is 543. The molecule has 0 radical (unpaired) electrons. The van der Waals surface area contributed by atoms with Gasteiger partial charge < -0.3 is 5.11 Å². The van der Waals surface area contributed by atoms with Gasteiger partial charge in [0.15, 0.2) is 5.78 Å². The molecule has 0 amide bonds. The maximum atomic E-state index is 12.2. The van der Waals surface area contributed by atoms with Gasteiger partial charge in [0.25, 0.3) is 0 Å². The number of pyridine rings is 1. The molecule has 0 fully saturated rings. The molecule has 1 aromatic rings. The average Bonchev–Trinajstić information content (AvgIpc) is 2.48. The molecule has 17 heavy (non-hydrogen) atoms. The molecule has 0 spiro atoms. The number of aliphatic hydroxyl groups is 1. The highest BCUT2D eigenvalue weighted by Crippen LogP contribution is 2.47. The third-order valence-electron chi connectivity index (χ3n) is 3.86. The first-order chi connectivity index (χ1) is 7.88. The molecule has 0 aromatic carbocycles. The number of carbonyl (C=O) groups excluding carboxylic acids is 1. The Balaban J connectivity index is 2.71. The van der Waals surface area contributed by atoms with Gasteiger partial charge in [-0.25, -0.2) is 4.98 Å². The Hall–Kier alpha value is -1.73. The normalized spacial score (nSPS) is 25.5. The van der Waals surface area contributed by atoms with Crippen LogP contribution in [0.2, 0.25) is 0 Å². The van der Waals surface area contributed by atoms with Crippen molar-refractivity contribution in [1.82, 2.24) is 4.98 Å². The van der Waals surface area contributed by atoms with Crippen molar-refractivity contribution in [2.45, 2.75) is 38.2 Å². The summed E-state index contributed by atoms with van der Waals surface area (Å²) >= 11 is 0. The van der Waals surface area contributed by atoms with Crippen molar-refractivity contribution in [3.8, 4) is 6.07 Å². The van der Waals surface area contributed by atoms with Crippen LogP contribution in [-0.4, -0.2) is 21.5 Å². The smallest absolute Gasteiger partial charge is 0.195 e. The van der Waals surface area contributed by atoms with Crippen LogP contribution in [0.4, 0.5) is 0 Å². The van der Waals surface area contributed by atoms with Crippen molar-refractivity contribution < 1.29 is 9.90 Å². The highest BCUT2D eigenvalue weighted by atomic mass is 16.3. The largest absolute Gasteiger partial charge is 0.381 e. The molecule has 2 rings (SSSR count). The summed E-state index contributed by atoms with van der Waals surface area (Å²) in [4.78, 5) is 16.2. The highest BCUT2D eigenvalue weighted by Gasteiger charge is 2.56. The molecule has 0 aliphatic heterocycles.